The number of esters is 1. The quantitative estimate of drug-likeness (QED) is 0.317. The average Bonchev–Trinajstić information content (AvgIpc) is 2.45. The minimum absolute atomic E-state index is 0.0754. The number of ether oxygens (including phenoxy) is 1. The normalized spacial score (nSPS) is 11.4. The summed E-state index contributed by atoms with van der Waals surface area (Å²) < 4.78 is 18.2. The zero-order valence-corrected chi connectivity index (χ0v) is 11.8. The molecule has 0 aliphatic heterocycles. The maximum absolute atomic E-state index is 13.5. The van der Waals surface area contributed by atoms with Gasteiger partial charge >= 0.3 is 5.97 Å². The molecule has 0 saturated heterocycles. The Hall–Kier alpha value is -2.41. The monoisotopic (exact) mass is 313 g/mol. The standard InChI is InChI=1S/C13H13ClFN3O3/c1-18-12(17)7(5-16)13(20)21-6-10(19)11-8(14)3-2-4-9(11)15/h2-5,16,18H,6,17H2,1H3/b12-7+,16-5?. The van der Waals surface area contributed by atoms with Gasteiger partial charge in [0.25, 0.3) is 0 Å². The number of hydrogen-bond acceptors (Lipinski definition) is 6. The van der Waals surface area contributed by atoms with Gasteiger partial charge in [0.1, 0.15) is 17.2 Å². The van der Waals surface area contributed by atoms with Gasteiger partial charge in [-0.2, -0.15) is 0 Å². The maximum atomic E-state index is 13.5. The molecule has 0 aliphatic rings. The van der Waals surface area contributed by atoms with E-state index in [0.29, 0.717) is 6.21 Å². The highest BCUT2D eigenvalue weighted by molar-refractivity contribution is 6.34. The number of carbonyl (C=O) groups excluding carboxylic acids is 2. The summed E-state index contributed by atoms with van der Waals surface area (Å²) in [6.07, 6.45) is 0.689. The molecule has 4 N–H and O–H groups in total. The van der Waals surface area contributed by atoms with E-state index in [1.807, 2.05) is 0 Å². The van der Waals surface area contributed by atoms with Crippen LogP contribution in [0.15, 0.2) is 29.6 Å². The Morgan fingerprint density at radius 2 is 2.19 bits per heavy atom. The predicted octanol–water partition coefficient (Wildman–Crippen LogP) is 1.24. The summed E-state index contributed by atoms with van der Waals surface area (Å²) in [5.74, 6) is -2.65. The zero-order valence-electron chi connectivity index (χ0n) is 11.1. The van der Waals surface area contributed by atoms with Gasteiger partial charge in [-0.25, -0.2) is 9.18 Å². The van der Waals surface area contributed by atoms with Gasteiger partial charge in [0, 0.05) is 13.3 Å². The smallest absolute Gasteiger partial charge is 0.343 e. The molecule has 0 spiro atoms. The molecule has 1 aromatic carbocycles. The molecule has 6 nitrogen and oxygen atoms in total. The molecule has 21 heavy (non-hydrogen) atoms. The van der Waals surface area contributed by atoms with E-state index in [0.717, 1.165) is 6.07 Å². The van der Waals surface area contributed by atoms with Gasteiger partial charge in [-0.1, -0.05) is 17.7 Å². The van der Waals surface area contributed by atoms with E-state index in [4.69, 9.17) is 27.5 Å². The number of halogens is 2. The van der Waals surface area contributed by atoms with Crippen molar-refractivity contribution in [3.63, 3.8) is 0 Å². The van der Waals surface area contributed by atoms with Crippen molar-refractivity contribution in [1.82, 2.24) is 5.32 Å². The van der Waals surface area contributed by atoms with Crippen LogP contribution in [0.5, 0.6) is 0 Å². The van der Waals surface area contributed by atoms with E-state index in [2.05, 4.69) is 5.32 Å². The number of hydrogen-bond donors (Lipinski definition) is 3. The Bertz CT molecular complexity index is 596. The molecule has 0 atom stereocenters. The molecule has 1 aromatic rings. The number of rotatable bonds is 6. The van der Waals surface area contributed by atoms with E-state index in [9.17, 15) is 14.0 Å². The molecule has 112 valence electrons. The van der Waals surface area contributed by atoms with Crippen LogP contribution in [0.25, 0.3) is 0 Å². The van der Waals surface area contributed by atoms with Crippen LogP contribution in [-0.2, 0) is 9.53 Å². The summed E-state index contributed by atoms with van der Waals surface area (Å²) >= 11 is 5.73. The number of Topliss-reactive ketones (excluding diaryl/α,β-unsaturated/α-hetero) is 1. The van der Waals surface area contributed by atoms with Crippen molar-refractivity contribution >= 4 is 29.6 Å². The SMILES string of the molecule is CN/C(N)=C(\C=N)C(=O)OCC(=O)c1c(F)cccc1Cl. The summed E-state index contributed by atoms with van der Waals surface area (Å²) in [5, 5.41) is 9.47. The highest BCUT2D eigenvalue weighted by Gasteiger charge is 2.19. The highest BCUT2D eigenvalue weighted by atomic mass is 35.5. The van der Waals surface area contributed by atoms with Crippen LogP contribution in [0.1, 0.15) is 10.4 Å². The molecule has 0 radical (unpaired) electrons. The van der Waals surface area contributed by atoms with Crippen molar-refractivity contribution in [3.05, 3.63) is 46.0 Å². The lowest BCUT2D eigenvalue weighted by Gasteiger charge is -2.08. The number of carbonyl (C=O) groups is 2. The number of benzene rings is 1. The Morgan fingerprint density at radius 1 is 1.52 bits per heavy atom. The molecule has 0 aromatic heterocycles. The van der Waals surface area contributed by atoms with Crippen LogP contribution in [0.3, 0.4) is 0 Å². The first-order chi connectivity index (χ1) is 9.92. The van der Waals surface area contributed by atoms with Gasteiger partial charge < -0.3 is 21.2 Å². The maximum Gasteiger partial charge on any atom is 0.343 e. The summed E-state index contributed by atoms with van der Waals surface area (Å²) in [6.45, 7) is -0.714. The molecular weight excluding hydrogens is 301 g/mol. The zero-order chi connectivity index (χ0) is 16.0. The van der Waals surface area contributed by atoms with Gasteiger partial charge in [0.2, 0.25) is 5.78 Å². The molecule has 0 unspecified atom stereocenters. The number of nitrogens with two attached hydrogens (primary N) is 1. The van der Waals surface area contributed by atoms with Crippen molar-refractivity contribution in [2.45, 2.75) is 0 Å². The second kappa shape index (κ2) is 7.39. The van der Waals surface area contributed by atoms with Crippen LogP contribution in [0.4, 0.5) is 4.39 Å². The molecule has 1 rings (SSSR count). The lowest BCUT2D eigenvalue weighted by Crippen LogP contribution is -2.24. The first-order valence-electron chi connectivity index (χ1n) is 5.74. The summed E-state index contributed by atoms with van der Waals surface area (Å²) in [6, 6.07) is 3.77. The highest BCUT2D eigenvalue weighted by Crippen LogP contribution is 2.19. The van der Waals surface area contributed by atoms with Gasteiger partial charge in [-0.15, -0.1) is 0 Å². The van der Waals surface area contributed by atoms with Gasteiger partial charge in [-0.05, 0) is 12.1 Å². The third-order valence-electron chi connectivity index (χ3n) is 2.50. The average molecular weight is 314 g/mol. The van der Waals surface area contributed by atoms with Gasteiger partial charge in [0.05, 0.1) is 10.6 Å². The molecule has 0 saturated carbocycles. The van der Waals surface area contributed by atoms with Crippen LogP contribution < -0.4 is 11.1 Å². The second-order valence-corrected chi connectivity index (χ2v) is 4.22. The van der Waals surface area contributed by atoms with Crippen LogP contribution in [0.2, 0.25) is 5.02 Å². The van der Waals surface area contributed by atoms with Crippen molar-refractivity contribution in [3.8, 4) is 0 Å². The van der Waals surface area contributed by atoms with Crippen molar-refractivity contribution in [2.75, 3.05) is 13.7 Å². The Morgan fingerprint density at radius 3 is 2.71 bits per heavy atom. The third kappa shape index (κ3) is 4.03. The van der Waals surface area contributed by atoms with Crippen molar-refractivity contribution in [2.24, 2.45) is 5.73 Å². The Kier molecular flexibility index (Phi) is 5.86. The van der Waals surface area contributed by atoms with E-state index in [-0.39, 0.29) is 22.0 Å². The molecule has 0 amide bonds. The molecule has 0 aliphatic carbocycles. The van der Waals surface area contributed by atoms with E-state index < -0.39 is 24.2 Å². The Balaban J connectivity index is 2.82. The van der Waals surface area contributed by atoms with Crippen molar-refractivity contribution in [1.29, 1.82) is 5.41 Å². The Labute approximate surface area is 125 Å². The van der Waals surface area contributed by atoms with Gasteiger partial charge in [-0.3, -0.25) is 4.79 Å². The van der Waals surface area contributed by atoms with Crippen LogP contribution in [-0.4, -0.2) is 31.6 Å². The number of ketones is 1. The molecular formula is C13H13ClFN3O3. The van der Waals surface area contributed by atoms with Gasteiger partial charge in [0.15, 0.2) is 6.61 Å². The minimum atomic E-state index is -0.974. The minimum Gasteiger partial charge on any atom is -0.454 e. The van der Waals surface area contributed by atoms with Crippen LogP contribution in [0, 0.1) is 11.2 Å². The molecule has 8 heteroatoms. The predicted molar refractivity (Wildman–Crippen MR) is 75.8 cm³/mol. The van der Waals surface area contributed by atoms with Crippen molar-refractivity contribution < 1.29 is 18.7 Å². The lowest BCUT2D eigenvalue weighted by atomic mass is 10.1. The molecule has 0 bridgehead atoms. The largest absolute Gasteiger partial charge is 0.454 e. The first kappa shape index (κ1) is 16.6. The van der Waals surface area contributed by atoms with E-state index >= 15 is 0 Å². The topological polar surface area (TPSA) is 105 Å². The summed E-state index contributed by atoms with van der Waals surface area (Å²) in [5.41, 5.74) is 4.85. The number of nitrogens with one attached hydrogen (secondary N) is 2. The van der Waals surface area contributed by atoms with E-state index in [1.54, 1.807) is 0 Å². The lowest BCUT2D eigenvalue weighted by molar-refractivity contribution is -0.137. The summed E-state index contributed by atoms with van der Waals surface area (Å²) in [4.78, 5) is 23.5. The van der Waals surface area contributed by atoms with Crippen LogP contribution >= 0.6 is 11.6 Å². The first-order valence-corrected chi connectivity index (χ1v) is 6.12. The third-order valence-corrected chi connectivity index (χ3v) is 2.81. The molecule has 0 heterocycles. The fraction of sp³-hybridized carbons (Fsp3) is 0.154. The summed E-state index contributed by atoms with van der Waals surface area (Å²) in [7, 11) is 1.45. The second-order valence-electron chi connectivity index (χ2n) is 3.82. The fourth-order valence-electron chi connectivity index (χ4n) is 1.43. The molecule has 0 fully saturated rings. The van der Waals surface area contributed by atoms with E-state index in [1.165, 1.54) is 19.2 Å². The fourth-order valence-corrected chi connectivity index (χ4v) is 1.69.